The van der Waals surface area contributed by atoms with Crippen molar-refractivity contribution in [2.24, 2.45) is 4.99 Å². The smallest absolute Gasteiger partial charge is 0.310 e. The van der Waals surface area contributed by atoms with E-state index in [0.29, 0.717) is 18.0 Å². The van der Waals surface area contributed by atoms with Crippen LogP contribution in [-0.4, -0.2) is 16.3 Å². The Bertz CT molecular complexity index is 908. The first-order valence-electron chi connectivity index (χ1n) is 7.37. The molecule has 0 radical (unpaired) electrons. The summed E-state index contributed by atoms with van der Waals surface area (Å²) in [4.78, 5) is 8.73. The van der Waals surface area contributed by atoms with Crippen LogP contribution in [0.4, 0.5) is 5.69 Å². The molecule has 1 aromatic heterocycles. The summed E-state index contributed by atoms with van der Waals surface area (Å²) >= 11 is 0. The monoisotopic (exact) mass is 302 g/mol. The van der Waals surface area contributed by atoms with Crippen LogP contribution in [-0.2, 0) is 6.42 Å². The second kappa shape index (κ2) is 5.57. The van der Waals surface area contributed by atoms with Crippen LogP contribution in [0, 0.1) is 0 Å². The molecular weight excluding hydrogens is 288 g/mol. The number of allylic oxidation sites excluding steroid dienone is 1. The number of hydrogen-bond acceptors (Lipinski definition) is 4. The van der Waals surface area contributed by atoms with E-state index in [9.17, 15) is 5.11 Å². The molecule has 0 unspecified atom stereocenters. The van der Waals surface area contributed by atoms with Gasteiger partial charge >= 0.3 is 5.95 Å². The Balaban J connectivity index is 1.64. The predicted octanol–water partition coefficient (Wildman–Crippen LogP) is 4.23. The van der Waals surface area contributed by atoms with Gasteiger partial charge in [-0.25, -0.2) is 4.98 Å². The molecule has 0 saturated carbocycles. The Kier molecular flexibility index (Phi) is 3.27. The molecule has 4 nitrogen and oxygen atoms in total. The molecule has 1 aliphatic rings. The SMILES string of the molecule is Oc1oc(Cc2ccccc2)nc1/C=C1\C=Nc2ccccc21. The van der Waals surface area contributed by atoms with E-state index >= 15 is 0 Å². The number of oxazole rings is 1. The zero-order valence-electron chi connectivity index (χ0n) is 12.3. The van der Waals surface area contributed by atoms with E-state index in [4.69, 9.17) is 4.42 Å². The molecule has 0 atom stereocenters. The predicted molar refractivity (Wildman–Crippen MR) is 89.9 cm³/mol. The maximum Gasteiger partial charge on any atom is 0.310 e. The Labute approximate surface area is 133 Å². The van der Waals surface area contributed by atoms with Gasteiger partial charge in [-0.05, 0) is 17.7 Å². The minimum absolute atomic E-state index is 0.166. The maximum absolute atomic E-state index is 10.00. The van der Waals surface area contributed by atoms with E-state index in [1.54, 1.807) is 12.3 Å². The lowest BCUT2D eigenvalue weighted by molar-refractivity contribution is 0.319. The average Bonchev–Trinajstić information content (AvgIpc) is 3.13. The molecule has 2 heterocycles. The third kappa shape index (κ3) is 2.66. The number of aromatic hydroxyl groups is 1. The van der Waals surface area contributed by atoms with E-state index < -0.39 is 0 Å². The molecule has 0 bridgehead atoms. The van der Waals surface area contributed by atoms with Crippen LogP contribution in [0.25, 0.3) is 11.6 Å². The zero-order valence-corrected chi connectivity index (χ0v) is 12.3. The van der Waals surface area contributed by atoms with Crippen molar-refractivity contribution in [3.63, 3.8) is 0 Å². The van der Waals surface area contributed by atoms with Crippen molar-refractivity contribution in [2.75, 3.05) is 0 Å². The van der Waals surface area contributed by atoms with Crippen LogP contribution in [0.3, 0.4) is 0 Å². The lowest BCUT2D eigenvalue weighted by Gasteiger charge is -1.97. The summed E-state index contributed by atoms with van der Waals surface area (Å²) in [5.74, 6) is 0.324. The number of rotatable bonds is 3. The fourth-order valence-corrected chi connectivity index (χ4v) is 2.61. The van der Waals surface area contributed by atoms with Crippen molar-refractivity contribution in [1.29, 1.82) is 0 Å². The molecule has 23 heavy (non-hydrogen) atoms. The minimum atomic E-state index is -0.166. The summed E-state index contributed by atoms with van der Waals surface area (Å²) in [6, 6.07) is 17.8. The number of hydrogen-bond donors (Lipinski definition) is 1. The second-order valence-corrected chi connectivity index (χ2v) is 5.34. The molecule has 0 fully saturated rings. The van der Waals surface area contributed by atoms with Gasteiger partial charge in [0.15, 0.2) is 0 Å². The van der Waals surface area contributed by atoms with Gasteiger partial charge in [-0.15, -0.1) is 0 Å². The van der Waals surface area contributed by atoms with Crippen molar-refractivity contribution >= 4 is 23.6 Å². The molecule has 4 heteroatoms. The van der Waals surface area contributed by atoms with Crippen LogP contribution in [0.2, 0.25) is 0 Å². The molecule has 0 amide bonds. The highest BCUT2D eigenvalue weighted by molar-refractivity contribution is 6.21. The third-order valence-electron chi connectivity index (χ3n) is 3.73. The number of benzene rings is 2. The molecule has 1 aliphatic heterocycles. The quantitative estimate of drug-likeness (QED) is 0.787. The van der Waals surface area contributed by atoms with Crippen molar-refractivity contribution in [2.45, 2.75) is 6.42 Å². The van der Waals surface area contributed by atoms with Gasteiger partial charge in [0.25, 0.3) is 0 Å². The van der Waals surface area contributed by atoms with Crippen LogP contribution in [0.15, 0.2) is 64.0 Å². The Hall–Kier alpha value is -3.14. The van der Waals surface area contributed by atoms with Crippen molar-refractivity contribution in [1.82, 2.24) is 4.98 Å². The fraction of sp³-hybridized carbons (Fsp3) is 0.0526. The largest absolute Gasteiger partial charge is 0.479 e. The lowest BCUT2D eigenvalue weighted by Crippen LogP contribution is -1.88. The maximum atomic E-state index is 10.00. The van der Waals surface area contributed by atoms with Gasteiger partial charge in [-0.3, -0.25) is 4.99 Å². The number of para-hydroxylation sites is 1. The molecule has 112 valence electrons. The van der Waals surface area contributed by atoms with Crippen molar-refractivity contribution < 1.29 is 9.52 Å². The minimum Gasteiger partial charge on any atom is -0.479 e. The molecule has 1 N–H and O–H groups in total. The summed E-state index contributed by atoms with van der Waals surface area (Å²) in [7, 11) is 0. The highest BCUT2D eigenvalue weighted by atomic mass is 16.5. The molecule has 2 aromatic carbocycles. The Morgan fingerprint density at radius 3 is 2.65 bits per heavy atom. The van der Waals surface area contributed by atoms with Crippen LogP contribution < -0.4 is 0 Å². The average molecular weight is 302 g/mol. The van der Waals surface area contributed by atoms with Gasteiger partial charge in [0.2, 0.25) is 5.89 Å². The second-order valence-electron chi connectivity index (χ2n) is 5.34. The number of fused-ring (bicyclic) bond motifs is 1. The topological polar surface area (TPSA) is 58.6 Å². The molecule has 0 saturated heterocycles. The first-order chi connectivity index (χ1) is 11.3. The standard InChI is InChI=1S/C19H14N2O2/c22-19-17(11-14-12-20-16-9-5-4-8-15(14)16)21-18(23-19)10-13-6-2-1-3-7-13/h1-9,11-12,22H,10H2/b14-11+. The van der Waals surface area contributed by atoms with Gasteiger partial charge in [0.05, 0.1) is 5.69 Å². The summed E-state index contributed by atoms with van der Waals surface area (Å²) < 4.78 is 5.37. The normalized spacial score (nSPS) is 14.3. The van der Waals surface area contributed by atoms with Crippen molar-refractivity contribution in [3.8, 4) is 5.95 Å². The van der Waals surface area contributed by atoms with Gasteiger partial charge in [0.1, 0.15) is 5.69 Å². The molecule has 0 aliphatic carbocycles. The number of aliphatic imine (C=N–C) groups is 1. The number of aromatic nitrogens is 1. The first kappa shape index (κ1) is 13.5. The van der Waals surface area contributed by atoms with E-state index in [1.165, 1.54) is 0 Å². The van der Waals surface area contributed by atoms with Gasteiger partial charge in [-0.1, -0.05) is 48.5 Å². The zero-order chi connectivity index (χ0) is 15.6. The first-order valence-corrected chi connectivity index (χ1v) is 7.37. The van der Waals surface area contributed by atoms with Gasteiger partial charge in [-0.2, -0.15) is 0 Å². The number of nitrogens with zero attached hydrogens (tertiary/aromatic N) is 2. The van der Waals surface area contributed by atoms with Gasteiger partial charge < -0.3 is 9.52 Å². The van der Waals surface area contributed by atoms with E-state index in [1.807, 2.05) is 54.6 Å². The third-order valence-corrected chi connectivity index (χ3v) is 3.73. The highest BCUT2D eigenvalue weighted by Crippen LogP contribution is 2.33. The molecular formula is C19H14N2O2. The fourth-order valence-electron chi connectivity index (χ4n) is 2.61. The summed E-state index contributed by atoms with van der Waals surface area (Å²) in [6.45, 7) is 0. The van der Waals surface area contributed by atoms with Crippen LogP contribution in [0.5, 0.6) is 5.95 Å². The molecule has 3 aromatic rings. The van der Waals surface area contributed by atoms with Gasteiger partial charge in [0, 0.05) is 23.8 Å². The Morgan fingerprint density at radius 2 is 1.78 bits per heavy atom. The molecule has 4 rings (SSSR count). The lowest BCUT2D eigenvalue weighted by atomic mass is 10.1. The van der Waals surface area contributed by atoms with Crippen molar-refractivity contribution in [3.05, 3.63) is 77.3 Å². The van der Waals surface area contributed by atoms with E-state index in [-0.39, 0.29) is 5.95 Å². The molecule has 0 spiro atoms. The summed E-state index contributed by atoms with van der Waals surface area (Å²) in [6.07, 6.45) is 4.11. The van der Waals surface area contributed by atoms with E-state index in [2.05, 4.69) is 9.98 Å². The highest BCUT2D eigenvalue weighted by Gasteiger charge is 2.15. The summed E-state index contributed by atoms with van der Waals surface area (Å²) in [5, 5.41) is 10.00. The summed E-state index contributed by atoms with van der Waals surface area (Å²) in [5.41, 5.74) is 4.37. The van der Waals surface area contributed by atoms with Crippen LogP contribution >= 0.6 is 0 Å². The van der Waals surface area contributed by atoms with Crippen LogP contribution in [0.1, 0.15) is 22.7 Å². The van der Waals surface area contributed by atoms with E-state index in [0.717, 1.165) is 22.4 Å². The Morgan fingerprint density at radius 1 is 1.00 bits per heavy atom.